The Morgan fingerprint density at radius 3 is 2.43 bits per heavy atom. The number of hydrogen-bond donors (Lipinski definition) is 1. The molecule has 3 heteroatoms. The molecule has 0 saturated carbocycles. The Kier molecular flexibility index (Phi) is 3.89. The van der Waals surface area contributed by atoms with E-state index in [1.165, 1.54) is 0 Å². The summed E-state index contributed by atoms with van der Waals surface area (Å²) in [6.45, 7) is 0.260. The van der Waals surface area contributed by atoms with Crippen molar-refractivity contribution in [2.24, 2.45) is 0 Å². The van der Waals surface area contributed by atoms with Crippen LogP contribution in [-0.4, -0.2) is 12.3 Å². The topological polar surface area (TPSA) is 29.1 Å². The number of nitrogens with one attached hydrogen (secondary N) is 1. The Morgan fingerprint density at radius 1 is 0.905 bits per heavy atom. The summed E-state index contributed by atoms with van der Waals surface area (Å²) in [4.78, 5) is 12.2. The maximum atomic E-state index is 12.2. The number of fused-ring (bicyclic) bond motifs is 1. The van der Waals surface area contributed by atoms with Crippen molar-refractivity contribution in [1.29, 1.82) is 0 Å². The highest BCUT2D eigenvalue weighted by Crippen LogP contribution is 2.22. The van der Waals surface area contributed by atoms with E-state index in [9.17, 15) is 4.79 Å². The summed E-state index contributed by atoms with van der Waals surface area (Å²) in [5, 5.41) is 6.12. The lowest BCUT2D eigenvalue weighted by molar-refractivity contribution is 0.101. The zero-order valence-corrected chi connectivity index (χ0v) is 12.1. The van der Waals surface area contributed by atoms with Crippen LogP contribution in [0.5, 0.6) is 0 Å². The standard InChI is InChI=1S/C18H14ClNO/c19-15-10-8-14(9-11-15)18(21)12-20-17-7-3-5-13-4-1-2-6-16(13)17/h1-11,20H,12H2. The van der Waals surface area contributed by atoms with E-state index < -0.39 is 0 Å². The smallest absolute Gasteiger partial charge is 0.181 e. The maximum Gasteiger partial charge on any atom is 0.181 e. The van der Waals surface area contributed by atoms with Crippen molar-refractivity contribution in [3.05, 3.63) is 77.3 Å². The molecule has 0 fully saturated rings. The fraction of sp³-hybridized carbons (Fsp3) is 0.0556. The average Bonchev–Trinajstić information content (AvgIpc) is 2.53. The highest BCUT2D eigenvalue weighted by molar-refractivity contribution is 6.30. The van der Waals surface area contributed by atoms with Crippen molar-refractivity contribution in [2.45, 2.75) is 0 Å². The van der Waals surface area contributed by atoms with E-state index in [0.717, 1.165) is 16.5 Å². The Morgan fingerprint density at radius 2 is 1.62 bits per heavy atom. The highest BCUT2D eigenvalue weighted by Gasteiger charge is 2.06. The molecule has 0 aliphatic heterocycles. The molecule has 3 aromatic carbocycles. The Balaban J connectivity index is 1.77. The fourth-order valence-corrected chi connectivity index (χ4v) is 2.42. The van der Waals surface area contributed by atoms with Gasteiger partial charge >= 0.3 is 0 Å². The van der Waals surface area contributed by atoms with Crippen LogP contribution in [0, 0.1) is 0 Å². The molecule has 3 aromatic rings. The molecule has 0 unspecified atom stereocenters. The minimum atomic E-state index is 0.0413. The summed E-state index contributed by atoms with van der Waals surface area (Å²) >= 11 is 5.83. The number of carbonyl (C=O) groups is 1. The lowest BCUT2D eigenvalue weighted by Crippen LogP contribution is -2.14. The van der Waals surface area contributed by atoms with Crippen molar-refractivity contribution in [2.75, 3.05) is 11.9 Å². The van der Waals surface area contributed by atoms with Crippen LogP contribution in [0.25, 0.3) is 10.8 Å². The number of benzene rings is 3. The quantitative estimate of drug-likeness (QED) is 0.701. The predicted molar refractivity (Wildman–Crippen MR) is 88.2 cm³/mol. The molecule has 104 valence electrons. The van der Waals surface area contributed by atoms with Crippen molar-refractivity contribution >= 4 is 33.8 Å². The first kappa shape index (κ1) is 13.7. The molecule has 0 radical (unpaired) electrons. The third kappa shape index (κ3) is 3.06. The van der Waals surface area contributed by atoms with Crippen LogP contribution in [0.2, 0.25) is 5.02 Å². The molecule has 21 heavy (non-hydrogen) atoms. The predicted octanol–water partition coefficient (Wildman–Crippen LogP) is 4.79. The summed E-state index contributed by atoms with van der Waals surface area (Å²) < 4.78 is 0. The maximum absolute atomic E-state index is 12.2. The van der Waals surface area contributed by atoms with Gasteiger partial charge in [0.05, 0.1) is 6.54 Å². The Labute approximate surface area is 128 Å². The molecule has 0 aromatic heterocycles. The van der Waals surface area contributed by atoms with E-state index in [0.29, 0.717) is 10.6 Å². The van der Waals surface area contributed by atoms with Gasteiger partial charge in [0.25, 0.3) is 0 Å². The van der Waals surface area contributed by atoms with Crippen LogP contribution < -0.4 is 5.32 Å². The van der Waals surface area contributed by atoms with Gasteiger partial charge in [0, 0.05) is 21.7 Å². The minimum Gasteiger partial charge on any atom is -0.377 e. The number of rotatable bonds is 4. The zero-order valence-electron chi connectivity index (χ0n) is 11.3. The fourth-order valence-electron chi connectivity index (χ4n) is 2.29. The average molecular weight is 296 g/mol. The third-order valence-electron chi connectivity index (χ3n) is 3.40. The van der Waals surface area contributed by atoms with Gasteiger partial charge in [-0.2, -0.15) is 0 Å². The number of halogens is 1. The molecule has 0 heterocycles. The van der Waals surface area contributed by atoms with Crippen LogP contribution in [0.3, 0.4) is 0 Å². The molecule has 1 N–H and O–H groups in total. The number of carbonyl (C=O) groups excluding carboxylic acids is 1. The van der Waals surface area contributed by atoms with Gasteiger partial charge in [-0.05, 0) is 35.7 Å². The number of hydrogen-bond acceptors (Lipinski definition) is 2. The van der Waals surface area contributed by atoms with Crippen molar-refractivity contribution in [1.82, 2.24) is 0 Å². The molecule has 0 spiro atoms. The summed E-state index contributed by atoms with van der Waals surface area (Å²) in [7, 11) is 0. The van der Waals surface area contributed by atoms with Gasteiger partial charge < -0.3 is 5.32 Å². The summed E-state index contributed by atoms with van der Waals surface area (Å²) in [6.07, 6.45) is 0. The molecule has 0 bridgehead atoms. The van der Waals surface area contributed by atoms with E-state index in [1.807, 2.05) is 30.3 Å². The molecule has 0 aliphatic rings. The van der Waals surface area contributed by atoms with Crippen LogP contribution >= 0.6 is 11.6 Å². The SMILES string of the molecule is O=C(CNc1cccc2ccccc12)c1ccc(Cl)cc1. The molecular formula is C18H14ClNO. The first-order valence-electron chi connectivity index (χ1n) is 6.74. The Hall–Kier alpha value is -2.32. The van der Waals surface area contributed by atoms with E-state index >= 15 is 0 Å². The first-order valence-corrected chi connectivity index (χ1v) is 7.12. The molecule has 0 amide bonds. The van der Waals surface area contributed by atoms with Crippen LogP contribution in [0.1, 0.15) is 10.4 Å². The number of anilines is 1. The van der Waals surface area contributed by atoms with Gasteiger partial charge in [0.15, 0.2) is 5.78 Å². The second-order valence-corrected chi connectivity index (χ2v) is 5.25. The van der Waals surface area contributed by atoms with Gasteiger partial charge in [0.2, 0.25) is 0 Å². The third-order valence-corrected chi connectivity index (χ3v) is 3.65. The van der Waals surface area contributed by atoms with Gasteiger partial charge in [-0.15, -0.1) is 0 Å². The van der Waals surface area contributed by atoms with E-state index in [4.69, 9.17) is 11.6 Å². The van der Waals surface area contributed by atoms with Gasteiger partial charge in [-0.3, -0.25) is 4.79 Å². The number of ketones is 1. The van der Waals surface area contributed by atoms with Crippen LogP contribution in [-0.2, 0) is 0 Å². The van der Waals surface area contributed by atoms with E-state index in [1.54, 1.807) is 24.3 Å². The molecule has 0 aliphatic carbocycles. The van der Waals surface area contributed by atoms with Crippen molar-refractivity contribution in [3.8, 4) is 0 Å². The van der Waals surface area contributed by atoms with Crippen LogP contribution in [0.15, 0.2) is 66.7 Å². The largest absolute Gasteiger partial charge is 0.377 e. The van der Waals surface area contributed by atoms with Gasteiger partial charge in [0.1, 0.15) is 0 Å². The summed E-state index contributed by atoms with van der Waals surface area (Å²) in [5.41, 5.74) is 1.63. The first-order chi connectivity index (χ1) is 10.2. The molecule has 0 atom stereocenters. The summed E-state index contributed by atoms with van der Waals surface area (Å²) in [6, 6.07) is 21.1. The van der Waals surface area contributed by atoms with E-state index in [2.05, 4.69) is 17.4 Å². The molecular weight excluding hydrogens is 282 g/mol. The van der Waals surface area contributed by atoms with Crippen LogP contribution in [0.4, 0.5) is 5.69 Å². The second-order valence-electron chi connectivity index (χ2n) is 4.81. The van der Waals surface area contributed by atoms with Gasteiger partial charge in [-0.1, -0.05) is 48.0 Å². The molecule has 3 rings (SSSR count). The number of Topliss-reactive ketones (excluding diaryl/α,β-unsaturated/α-hetero) is 1. The monoisotopic (exact) mass is 295 g/mol. The molecule has 0 saturated heterocycles. The zero-order chi connectivity index (χ0) is 14.7. The van der Waals surface area contributed by atoms with Crippen molar-refractivity contribution < 1.29 is 4.79 Å². The normalized spacial score (nSPS) is 10.5. The lowest BCUT2D eigenvalue weighted by atomic mass is 10.1. The van der Waals surface area contributed by atoms with Gasteiger partial charge in [-0.25, -0.2) is 0 Å². The highest BCUT2D eigenvalue weighted by atomic mass is 35.5. The lowest BCUT2D eigenvalue weighted by Gasteiger charge is -2.09. The summed E-state index contributed by atoms with van der Waals surface area (Å²) in [5.74, 6) is 0.0413. The minimum absolute atomic E-state index is 0.0413. The second kappa shape index (κ2) is 5.98. The Bertz CT molecular complexity index is 775. The van der Waals surface area contributed by atoms with Crippen molar-refractivity contribution in [3.63, 3.8) is 0 Å². The molecule has 2 nitrogen and oxygen atoms in total. The van der Waals surface area contributed by atoms with E-state index in [-0.39, 0.29) is 12.3 Å².